The molecule has 0 aliphatic rings. The van der Waals surface area contributed by atoms with E-state index in [1.807, 2.05) is 13.0 Å². The molecule has 1 aromatic rings. The van der Waals surface area contributed by atoms with Gasteiger partial charge in [-0.1, -0.05) is 23.3 Å². The van der Waals surface area contributed by atoms with Crippen molar-refractivity contribution in [2.75, 3.05) is 0 Å². The summed E-state index contributed by atoms with van der Waals surface area (Å²) in [7, 11) is 0. The summed E-state index contributed by atoms with van der Waals surface area (Å²) < 4.78 is 0. The number of rotatable bonds is 10. The first-order valence-electron chi connectivity index (χ1n) is 8.77. The number of allylic oxidation sites excluding steroid dienone is 4. The fraction of sp³-hybridized carbons (Fsp3) is 0.429. The van der Waals surface area contributed by atoms with Gasteiger partial charge in [0.25, 0.3) is 0 Å². The zero-order valence-electron chi connectivity index (χ0n) is 15.7. The third kappa shape index (κ3) is 7.55. The Hall–Kier alpha value is -2.56. The molecular formula is C21H28O5. The van der Waals surface area contributed by atoms with Gasteiger partial charge in [0, 0.05) is 6.42 Å². The number of benzene rings is 1. The molecule has 26 heavy (non-hydrogen) atoms. The van der Waals surface area contributed by atoms with Gasteiger partial charge < -0.3 is 15.3 Å². The molecule has 0 aliphatic heterocycles. The Morgan fingerprint density at radius 3 is 2.38 bits per heavy atom. The van der Waals surface area contributed by atoms with Gasteiger partial charge in [0.1, 0.15) is 11.5 Å². The number of ketones is 1. The number of carboxylic acid groups (broad SMARTS) is 1. The fourth-order valence-electron chi connectivity index (χ4n) is 2.62. The molecule has 3 N–H and O–H groups in total. The van der Waals surface area contributed by atoms with E-state index in [9.17, 15) is 24.9 Å². The molecular weight excluding hydrogens is 332 g/mol. The van der Waals surface area contributed by atoms with Crippen LogP contribution in [0.4, 0.5) is 0 Å². The van der Waals surface area contributed by atoms with Gasteiger partial charge in [-0.3, -0.25) is 9.59 Å². The van der Waals surface area contributed by atoms with Crippen LogP contribution in [0, 0.1) is 5.92 Å². The topological polar surface area (TPSA) is 94.8 Å². The molecule has 5 heteroatoms. The van der Waals surface area contributed by atoms with Gasteiger partial charge in [-0.2, -0.15) is 0 Å². The van der Waals surface area contributed by atoms with Crippen LogP contribution < -0.4 is 0 Å². The smallest absolute Gasteiger partial charge is 0.306 e. The normalized spacial score (nSPS) is 12.5. The van der Waals surface area contributed by atoms with Gasteiger partial charge in [0.2, 0.25) is 0 Å². The van der Waals surface area contributed by atoms with Crippen molar-refractivity contribution in [3.05, 3.63) is 47.1 Å². The summed E-state index contributed by atoms with van der Waals surface area (Å²) in [5.41, 5.74) is 2.42. The number of hydrogen-bond acceptors (Lipinski definition) is 4. The summed E-state index contributed by atoms with van der Waals surface area (Å²) in [5.74, 6) is -2.75. The van der Waals surface area contributed by atoms with E-state index in [0.29, 0.717) is 12.8 Å². The molecule has 1 unspecified atom stereocenters. The lowest BCUT2D eigenvalue weighted by Gasteiger charge is -2.11. The molecule has 0 radical (unpaired) electrons. The van der Waals surface area contributed by atoms with Crippen LogP contribution in [-0.4, -0.2) is 27.1 Å². The number of aromatic hydroxyl groups is 2. The maximum absolute atomic E-state index is 12.3. The molecule has 5 nitrogen and oxygen atoms in total. The lowest BCUT2D eigenvalue weighted by atomic mass is 9.93. The Morgan fingerprint density at radius 1 is 1.08 bits per heavy atom. The number of carbonyl (C=O) groups excluding carboxylic acids is 1. The molecule has 0 saturated carbocycles. The molecule has 0 heterocycles. The first-order valence-corrected chi connectivity index (χ1v) is 8.77. The number of carbonyl (C=O) groups is 2. The molecule has 1 rings (SSSR count). The Morgan fingerprint density at radius 2 is 1.77 bits per heavy atom. The Labute approximate surface area is 154 Å². The molecule has 0 bridgehead atoms. The predicted molar refractivity (Wildman–Crippen MR) is 102 cm³/mol. The number of hydrogen-bond donors (Lipinski definition) is 3. The van der Waals surface area contributed by atoms with Gasteiger partial charge >= 0.3 is 5.97 Å². The molecule has 142 valence electrons. The van der Waals surface area contributed by atoms with Crippen LogP contribution in [0.2, 0.25) is 0 Å². The summed E-state index contributed by atoms with van der Waals surface area (Å²) in [6, 6.07) is 3.64. The lowest BCUT2D eigenvalue weighted by molar-refractivity contribution is -0.141. The molecule has 0 aromatic heterocycles. The second-order valence-corrected chi connectivity index (χ2v) is 6.81. The minimum atomic E-state index is -1.03. The molecule has 0 amide bonds. The van der Waals surface area contributed by atoms with E-state index in [-0.39, 0.29) is 23.5 Å². The average Bonchev–Trinajstić information content (AvgIpc) is 2.55. The van der Waals surface area contributed by atoms with Crippen molar-refractivity contribution in [2.24, 2.45) is 5.92 Å². The highest BCUT2D eigenvalue weighted by Gasteiger charge is 2.23. The van der Waals surface area contributed by atoms with Crippen molar-refractivity contribution in [2.45, 2.75) is 52.9 Å². The van der Waals surface area contributed by atoms with E-state index in [1.165, 1.54) is 23.3 Å². The van der Waals surface area contributed by atoms with E-state index in [2.05, 4.69) is 19.9 Å². The lowest BCUT2D eigenvalue weighted by Crippen LogP contribution is -2.18. The molecule has 1 atom stereocenters. The minimum absolute atomic E-state index is 0.0512. The Balaban J connectivity index is 2.64. The number of aliphatic carboxylic acids is 1. The first kappa shape index (κ1) is 21.5. The van der Waals surface area contributed by atoms with Crippen LogP contribution in [0.5, 0.6) is 11.5 Å². The second kappa shape index (κ2) is 10.4. The Kier molecular flexibility index (Phi) is 8.62. The zero-order valence-corrected chi connectivity index (χ0v) is 15.7. The standard InChI is InChI=1S/C21H28O5/c1-14(2)6-4-7-15(3)8-5-9-16(21(25)26)12-20(24)18-13-17(22)10-11-19(18)23/h6,8,10-11,13,16,22-23H,4-5,7,9,12H2,1-3H3,(H,25,26)/b15-8+. The van der Waals surface area contributed by atoms with Crippen LogP contribution in [0.3, 0.4) is 0 Å². The van der Waals surface area contributed by atoms with E-state index < -0.39 is 17.7 Å². The fourth-order valence-corrected chi connectivity index (χ4v) is 2.62. The van der Waals surface area contributed by atoms with E-state index in [4.69, 9.17) is 0 Å². The molecule has 0 fully saturated rings. The minimum Gasteiger partial charge on any atom is -0.508 e. The molecule has 0 aliphatic carbocycles. The van der Waals surface area contributed by atoms with Crippen molar-refractivity contribution in [3.63, 3.8) is 0 Å². The van der Waals surface area contributed by atoms with E-state index >= 15 is 0 Å². The van der Waals surface area contributed by atoms with Crippen LogP contribution in [-0.2, 0) is 4.79 Å². The largest absolute Gasteiger partial charge is 0.508 e. The van der Waals surface area contributed by atoms with Crippen molar-refractivity contribution >= 4 is 11.8 Å². The number of phenols is 2. The maximum atomic E-state index is 12.3. The quantitative estimate of drug-likeness (QED) is 0.315. The summed E-state index contributed by atoms with van der Waals surface area (Å²) >= 11 is 0. The third-order valence-electron chi connectivity index (χ3n) is 4.16. The first-order chi connectivity index (χ1) is 12.2. The van der Waals surface area contributed by atoms with Gasteiger partial charge in [0.15, 0.2) is 5.78 Å². The summed E-state index contributed by atoms with van der Waals surface area (Å²) in [6.07, 6.45) is 6.79. The van der Waals surface area contributed by atoms with Gasteiger partial charge in [-0.15, -0.1) is 0 Å². The third-order valence-corrected chi connectivity index (χ3v) is 4.16. The number of carboxylic acids is 1. The van der Waals surface area contributed by atoms with Crippen LogP contribution in [0.15, 0.2) is 41.5 Å². The van der Waals surface area contributed by atoms with Crippen LogP contribution >= 0.6 is 0 Å². The molecule has 0 saturated heterocycles. The summed E-state index contributed by atoms with van der Waals surface area (Å²) in [4.78, 5) is 23.7. The van der Waals surface area contributed by atoms with Crippen molar-refractivity contribution in [1.29, 1.82) is 0 Å². The van der Waals surface area contributed by atoms with Gasteiger partial charge in [-0.25, -0.2) is 0 Å². The second-order valence-electron chi connectivity index (χ2n) is 6.81. The highest BCUT2D eigenvalue weighted by molar-refractivity contribution is 6.00. The monoisotopic (exact) mass is 360 g/mol. The van der Waals surface area contributed by atoms with Crippen LogP contribution in [0.1, 0.15) is 63.2 Å². The van der Waals surface area contributed by atoms with Crippen molar-refractivity contribution in [1.82, 2.24) is 0 Å². The molecule has 0 spiro atoms. The Bertz CT molecular complexity index is 696. The summed E-state index contributed by atoms with van der Waals surface area (Å²) in [6.45, 7) is 6.13. The van der Waals surface area contributed by atoms with E-state index in [0.717, 1.165) is 18.9 Å². The number of phenolic OH excluding ortho intramolecular Hbond substituents is 2. The average molecular weight is 360 g/mol. The van der Waals surface area contributed by atoms with Gasteiger partial charge in [-0.05, 0) is 64.7 Å². The van der Waals surface area contributed by atoms with E-state index in [1.54, 1.807) is 0 Å². The highest BCUT2D eigenvalue weighted by Crippen LogP contribution is 2.26. The SMILES string of the molecule is CC(C)=CCC/C(C)=C/CCC(CC(=O)c1cc(O)ccc1O)C(=O)O. The molecule has 1 aromatic carbocycles. The maximum Gasteiger partial charge on any atom is 0.306 e. The summed E-state index contributed by atoms with van der Waals surface area (Å²) in [5, 5.41) is 28.5. The van der Waals surface area contributed by atoms with Crippen LogP contribution in [0.25, 0.3) is 0 Å². The number of Topliss-reactive ketones (excluding diaryl/α,β-unsaturated/α-hetero) is 1. The van der Waals surface area contributed by atoms with Crippen molar-refractivity contribution < 1.29 is 24.9 Å². The highest BCUT2D eigenvalue weighted by atomic mass is 16.4. The zero-order chi connectivity index (χ0) is 19.7. The van der Waals surface area contributed by atoms with Gasteiger partial charge in [0.05, 0.1) is 11.5 Å². The van der Waals surface area contributed by atoms with Crippen molar-refractivity contribution in [3.8, 4) is 11.5 Å². The predicted octanol–water partition coefficient (Wildman–Crippen LogP) is 4.84.